The van der Waals surface area contributed by atoms with Crippen LogP contribution < -0.4 is 11.5 Å². The van der Waals surface area contributed by atoms with Crippen LogP contribution in [0, 0.1) is 0 Å². The highest BCUT2D eigenvalue weighted by Gasteiger charge is 2.01. The van der Waals surface area contributed by atoms with Crippen molar-refractivity contribution in [1.82, 2.24) is 0 Å². The van der Waals surface area contributed by atoms with E-state index in [0.717, 1.165) is 40.2 Å². The number of hydrogen-bond acceptors (Lipinski definition) is 6. The Kier molecular flexibility index (Phi) is 13.6. The molecule has 0 unspecified atom stereocenters. The van der Waals surface area contributed by atoms with Gasteiger partial charge in [-0.2, -0.15) is 8.42 Å². The summed E-state index contributed by atoms with van der Waals surface area (Å²) in [7, 11) is -1.60. The van der Waals surface area contributed by atoms with E-state index >= 15 is 0 Å². The molecule has 0 aromatic rings. The lowest BCUT2D eigenvalue weighted by atomic mass is 10.2. The Morgan fingerprint density at radius 3 is 1.33 bits per heavy atom. The molecule has 0 saturated carbocycles. The van der Waals surface area contributed by atoms with E-state index in [2.05, 4.69) is 8.37 Å². The molecule has 0 aromatic heterocycles. The fourth-order valence-electron chi connectivity index (χ4n) is 0.710. The molecule has 0 spiro atoms. The second kappa shape index (κ2) is 11.9. The summed E-state index contributed by atoms with van der Waals surface area (Å²) in [4.78, 5) is 0. The van der Waals surface area contributed by atoms with Crippen LogP contribution in [0.2, 0.25) is 0 Å². The zero-order valence-electron chi connectivity index (χ0n) is 9.44. The standard InChI is InChI=1S/C6H16N2.C2H6O4S/c7-5-3-1-2-4-6-8;1-5-7(3,4)6-2/h1-8H2;1-2H3. The third-order valence-electron chi connectivity index (χ3n) is 1.57. The van der Waals surface area contributed by atoms with Crippen LogP contribution in [0.3, 0.4) is 0 Å². The largest absolute Gasteiger partial charge is 0.399 e. The molecule has 0 aliphatic rings. The molecule has 0 atom stereocenters. The smallest absolute Gasteiger partial charge is 0.330 e. The lowest BCUT2D eigenvalue weighted by molar-refractivity contribution is 0.286. The van der Waals surface area contributed by atoms with E-state index in [9.17, 15) is 8.42 Å². The molecule has 4 N–H and O–H groups in total. The number of hydrogen-bond donors (Lipinski definition) is 2. The van der Waals surface area contributed by atoms with E-state index < -0.39 is 10.4 Å². The van der Waals surface area contributed by atoms with Crippen molar-refractivity contribution in [2.75, 3.05) is 27.3 Å². The molecule has 0 amide bonds. The van der Waals surface area contributed by atoms with Crippen LogP contribution in [0.1, 0.15) is 25.7 Å². The van der Waals surface area contributed by atoms with Crippen LogP contribution in [-0.2, 0) is 18.8 Å². The Balaban J connectivity index is 0. The molecular weight excluding hydrogens is 220 g/mol. The van der Waals surface area contributed by atoms with Crippen LogP contribution in [0.4, 0.5) is 0 Å². The second-order valence-electron chi connectivity index (χ2n) is 2.73. The minimum atomic E-state index is -3.66. The maximum atomic E-state index is 9.92. The van der Waals surface area contributed by atoms with Crippen LogP contribution in [0.25, 0.3) is 0 Å². The summed E-state index contributed by atoms with van der Waals surface area (Å²) in [5.74, 6) is 0. The van der Waals surface area contributed by atoms with Crippen molar-refractivity contribution in [3.63, 3.8) is 0 Å². The summed E-state index contributed by atoms with van der Waals surface area (Å²) in [6.07, 6.45) is 4.79. The number of nitrogens with two attached hydrogens (primary N) is 2. The first-order valence-corrected chi connectivity index (χ1v) is 6.13. The summed E-state index contributed by atoms with van der Waals surface area (Å²) in [6.45, 7) is 1.65. The minimum absolute atomic E-state index is 0.824. The molecule has 7 heteroatoms. The Hall–Kier alpha value is -0.210. The van der Waals surface area contributed by atoms with Gasteiger partial charge in [0.25, 0.3) is 0 Å². The van der Waals surface area contributed by atoms with Gasteiger partial charge in [-0.3, -0.25) is 8.37 Å². The quantitative estimate of drug-likeness (QED) is 0.608. The van der Waals surface area contributed by atoms with Gasteiger partial charge in [0.2, 0.25) is 0 Å². The Labute approximate surface area is 92.2 Å². The first kappa shape index (κ1) is 17.2. The fourth-order valence-corrected chi connectivity index (χ4v) is 0.846. The van der Waals surface area contributed by atoms with Gasteiger partial charge in [0.15, 0.2) is 0 Å². The first-order chi connectivity index (χ1) is 7.04. The number of rotatable bonds is 7. The first-order valence-electron chi connectivity index (χ1n) is 4.80. The lowest BCUT2D eigenvalue weighted by Crippen LogP contribution is -2.02. The maximum absolute atomic E-state index is 9.92. The molecule has 0 radical (unpaired) electrons. The predicted octanol–water partition coefficient (Wildman–Crippen LogP) is -0.0118. The molecule has 0 bridgehead atoms. The lowest BCUT2D eigenvalue weighted by Gasteiger charge is -1.94. The number of unbranched alkanes of at least 4 members (excludes halogenated alkanes) is 3. The molecule has 0 rings (SSSR count). The third kappa shape index (κ3) is 16.5. The Morgan fingerprint density at radius 1 is 0.867 bits per heavy atom. The summed E-state index contributed by atoms with van der Waals surface area (Å²) in [5, 5.41) is 0. The second-order valence-corrected chi connectivity index (χ2v) is 4.22. The molecular formula is C8H22N2O4S. The molecule has 0 aliphatic heterocycles. The highest BCUT2D eigenvalue weighted by molar-refractivity contribution is 7.81. The highest BCUT2D eigenvalue weighted by Crippen LogP contribution is 1.95. The molecule has 6 nitrogen and oxygen atoms in total. The van der Waals surface area contributed by atoms with Crippen molar-refractivity contribution in [3.05, 3.63) is 0 Å². The molecule has 0 aliphatic carbocycles. The summed E-state index contributed by atoms with van der Waals surface area (Å²) in [5.41, 5.74) is 10.6. The predicted molar refractivity (Wildman–Crippen MR) is 59.5 cm³/mol. The molecule has 94 valence electrons. The van der Waals surface area contributed by atoms with Crippen LogP contribution in [0.15, 0.2) is 0 Å². The zero-order chi connectivity index (χ0) is 12.2. The Morgan fingerprint density at radius 2 is 1.20 bits per heavy atom. The van der Waals surface area contributed by atoms with E-state index in [-0.39, 0.29) is 0 Å². The SMILES string of the molecule is COS(=O)(=O)OC.NCCCCCCN. The van der Waals surface area contributed by atoms with Gasteiger partial charge in [-0.1, -0.05) is 12.8 Å². The van der Waals surface area contributed by atoms with E-state index in [0.29, 0.717) is 0 Å². The van der Waals surface area contributed by atoms with Gasteiger partial charge in [0.1, 0.15) is 0 Å². The van der Waals surface area contributed by atoms with Crippen molar-refractivity contribution in [2.45, 2.75) is 25.7 Å². The van der Waals surface area contributed by atoms with Crippen LogP contribution >= 0.6 is 0 Å². The van der Waals surface area contributed by atoms with Crippen molar-refractivity contribution < 1.29 is 16.8 Å². The van der Waals surface area contributed by atoms with Crippen LogP contribution in [0.5, 0.6) is 0 Å². The van der Waals surface area contributed by atoms with E-state index in [1.807, 2.05) is 0 Å². The van der Waals surface area contributed by atoms with Gasteiger partial charge in [-0.25, -0.2) is 0 Å². The maximum Gasteiger partial charge on any atom is 0.399 e. The minimum Gasteiger partial charge on any atom is -0.330 e. The van der Waals surface area contributed by atoms with E-state index in [1.165, 1.54) is 12.8 Å². The summed E-state index contributed by atoms with van der Waals surface area (Å²) in [6, 6.07) is 0. The summed E-state index contributed by atoms with van der Waals surface area (Å²) >= 11 is 0. The van der Waals surface area contributed by atoms with Gasteiger partial charge in [-0.05, 0) is 25.9 Å². The average Bonchev–Trinajstić information content (AvgIpc) is 2.25. The summed E-state index contributed by atoms with van der Waals surface area (Å²) < 4.78 is 27.5. The van der Waals surface area contributed by atoms with Gasteiger partial charge in [-0.15, -0.1) is 0 Å². The fraction of sp³-hybridized carbons (Fsp3) is 1.00. The molecule has 0 fully saturated rings. The van der Waals surface area contributed by atoms with Crippen molar-refractivity contribution >= 4 is 10.4 Å². The molecule has 0 saturated heterocycles. The van der Waals surface area contributed by atoms with Gasteiger partial charge in [0.05, 0.1) is 14.2 Å². The topological polar surface area (TPSA) is 105 Å². The highest BCUT2D eigenvalue weighted by atomic mass is 32.3. The normalized spacial score (nSPS) is 10.7. The average molecular weight is 242 g/mol. The van der Waals surface area contributed by atoms with E-state index in [1.54, 1.807) is 0 Å². The van der Waals surface area contributed by atoms with Gasteiger partial charge in [0, 0.05) is 0 Å². The van der Waals surface area contributed by atoms with Crippen molar-refractivity contribution in [3.8, 4) is 0 Å². The van der Waals surface area contributed by atoms with Crippen LogP contribution in [-0.4, -0.2) is 35.7 Å². The molecule has 15 heavy (non-hydrogen) atoms. The van der Waals surface area contributed by atoms with Gasteiger partial charge >= 0.3 is 10.4 Å². The van der Waals surface area contributed by atoms with Crippen molar-refractivity contribution in [1.29, 1.82) is 0 Å². The zero-order valence-corrected chi connectivity index (χ0v) is 10.3. The molecule has 0 heterocycles. The monoisotopic (exact) mass is 242 g/mol. The van der Waals surface area contributed by atoms with E-state index in [4.69, 9.17) is 11.5 Å². The van der Waals surface area contributed by atoms with Crippen molar-refractivity contribution in [2.24, 2.45) is 11.5 Å². The third-order valence-corrected chi connectivity index (χ3v) is 2.38. The molecule has 0 aromatic carbocycles. The van der Waals surface area contributed by atoms with Gasteiger partial charge < -0.3 is 11.5 Å². The Bertz CT molecular complexity index is 191.